The molecule has 14 aromatic carbocycles. The highest BCUT2D eigenvalue weighted by atomic mass is 15.2. The number of hydrogen-bond acceptors (Lipinski definition) is 2. The lowest BCUT2D eigenvalue weighted by Crippen LogP contribution is -2.61. The highest BCUT2D eigenvalue weighted by Gasteiger charge is 2.46. The van der Waals surface area contributed by atoms with Crippen LogP contribution < -0.4 is 26.2 Å². The van der Waals surface area contributed by atoms with Crippen molar-refractivity contribution in [2.45, 2.75) is 78.6 Å². The number of para-hydroxylation sites is 2. The third kappa shape index (κ3) is 9.09. The van der Waals surface area contributed by atoms with Crippen molar-refractivity contribution in [3.8, 4) is 50.2 Å². The zero-order valence-electron chi connectivity index (χ0n) is 55.1. The number of fused-ring (bicyclic) bond motifs is 10. The van der Waals surface area contributed by atoms with Crippen LogP contribution >= 0.6 is 0 Å². The Morgan fingerprint density at radius 1 is 0.266 bits per heavy atom. The van der Waals surface area contributed by atoms with Crippen molar-refractivity contribution in [1.29, 1.82) is 0 Å². The van der Waals surface area contributed by atoms with Gasteiger partial charge in [-0.15, -0.1) is 0 Å². The molecule has 0 amide bonds. The monoisotopic (exact) mass is 1210 g/mol. The zero-order valence-corrected chi connectivity index (χ0v) is 55.1. The van der Waals surface area contributed by atoms with Gasteiger partial charge in [-0.1, -0.05) is 281 Å². The molecule has 94 heavy (non-hydrogen) atoms. The van der Waals surface area contributed by atoms with Crippen molar-refractivity contribution in [1.82, 2.24) is 4.57 Å². The molecule has 0 unspecified atom stereocenters. The topological polar surface area (TPSA) is 11.4 Å². The molecule has 0 saturated heterocycles. The molecule has 1 aromatic heterocycles. The smallest absolute Gasteiger partial charge is 0.252 e. The van der Waals surface area contributed by atoms with Crippen LogP contribution in [0.2, 0.25) is 0 Å². The highest BCUT2D eigenvalue weighted by molar-refractivity contribution is 7.00. The van der Waals surface area contributed by atoms with E-state index in [1.54, 1.807) is 0 Å². The van der Waals surface area contributed by atoms with Crippen molar-refractivity contribution in [2.75, 3.05) is 9.80 Å². The molecular formula is C90H74BN3. The Hall–Kier alpha value is -10.7. The summed E-state index contributed by atoms with van der Waals surface area (Å²) in [5.74, 6) is 0. The van der Waals surface area contributed by atoms with Gasteiger partial charge in [0.15, 0.2) is 0 Å². The fraction of sp³-hybridized carbons (Fsp3) is 0.133. The van der Waals surface area contributed by atoms with Gasteiger partial charge >= 0.3 is 0 Å². The fourth-order valence-corrected chi connectivity index (χ4v) is 15.7. The minimum atomic E-state index is -0.258. The number of nitrogens with zero attached hydrogens (tertiary/aromatic N) is 3. The first-order valence-corrected chi connectivity index (χ1v) is 33.4. The van der Waals surface area contributed by atoms with E-state index in [0.29, 0.717) is 0 Å². The molecular weight excluding hydrogens is 1130 g/mol. The molecule has 15 aromatic rings. The van der Waals surface area contributed by atoms with Gasteiger partial charge in [-0.25, -0.2) is 0 Å². The molecule has 4 heteroatoms. The molecule has 2 aliphatic heterocycles. The van der Waals surface area contributed by atoms with Gasteiger partial charge < -0.3 is 14.4 Å². The predicted octanol–water partition coefficient (Wildman–Crippen LogP) is 22.9. The van der Waals surface area contributed by atoms with Crippen molar-refractivity contribution in [2.24, 2.45) is 0 Å². The predicted molar refractivity (Wildman–Crippen MR) is 405 cm³/mol. The number of rotatable bonds is 7. The number of anilines is 6. The lowest BCUT2D eigenvalue weighted by atomic mass is 9.33. The first kappa shape index (κ1) is 57.2. The quantitative estimate of drug-likeness (QED) is 0.116. The normalized spacial score (nSPS) is 13.1. The van der Waals surface area contributed by atoms with Crippen LogP contribution in [-0.4, -0.2) is 11.3 Å². The summed E-state index contributed by atoms with van der Waals surface area (Å²) < 4.78 is 2.49. The van der Waals surface area contributed by atoms with Crippen LogP contribution in [0.25, 0.3) is 104 Å². The largest absolute Gasteiger partial charge is 0.311 e. The molecule has 0 radical (unpaired) electrons. The SMILES string of the molecule is CC(C)(C)c1ccc(N2c3cc(-c4c5ccccc5c(-c5cccc6ccccc56)c5ccccc45)ccc3B3c4ccc(-n5c6ccccc6c6ccccc65)cc4N(c4ccc(C(C)(C)C)cc4-c4ccccc4)c4cc(C(C)(C)C)cc2c43)c(-c2ccccc2)c1. The summed E-state index contributed by atoms with van der Waals surface area (Å²) in [4.78, 5) is 5.35. The molecule has 2 aliphatic rings. The summed E-state index contributed by atoms with van der Waals surface area (Å²) >= 11 is 0. The standard InChI is InChI=1S/C90H74BN3/c1-88(2,3)61-44-49-79(73(52-61)58-27-12-10-13-28-58)93-81-51-60(85-69-36-18-20-38-71(69)86(72-39-21-19-37-70(72)85)68-40-26-32-57-31-16-17-33-65(57)68)43-47-75(81)91-76-48-46-64(92-77-41-24-22-34-66(77)67-35-23-25-42-78(67)92)56-82(76)94(84-55-63(90(7,8)9)54-83(93)87(84)91)80-50-45-62(89(4,5)6)53-74(80)59-29-14-11-15-30-59/h10-56H,1-9H3. The van der Waals surface area contributed by atoms with Crippen molar-refractivity contribution >= 4 is 111 Å². The van der Waals surface area contributed by atoms with Crippen LogP contribution in [0.3, 0.4) is 0 Å². The molecule has 0 fully saturated rings. The average molecular weight is 1210 g/mol. The number of benzene rings is 14. The van der Waals surface area contributed by atoms with Gasteiger partial charge in [-0.3, -0.25) is 0 Å². The Kier molecular flexibility index (Phi) is 13.1. The summed E-state index contributed by atoms with van der Waals surface area (Å²) in [6, 6.07) is 109. The molecule has 3 nitrogen and oxygen atoms in total. The third-order valence-corrected chi connectivity index (χ3v) is 20.4. The van der Waals surface area contributed by atoms with E-state index in [0.717, 1.165) is 17.1 Å². The first-order valence-electron chi connectivity index (χ1n) is 33.4. The van der Waals surface area contributed by atoms with E-state index < -0.39 is 0 Å². The van der Waals surface area contributed by atoms with Crippen LogP contribution in [0.1, 0.15) is 79.0 Å². The lowest BCUT2D eigenvalue weighted by molar-refractivity contribution is 0.590. The molecule has 0 atom stereocenters. The maximum Gasteiger partial charge on any atom is 0.252 e. The molecule has 3 heterocycles. The summed E-state index contributed by atoms with van der Waals surface area (Å²) in [6.07, 6.45) is 0. The van der Waals surface area contributed by atoms with Crippen LogP contribution in [0.4, 0.5) is 34.1 Å². The maximum absolute atomic E-state index is 2.68. The Bertz CT molecular complexity index is 5460. The maximum atomic E-state index is 2.68. The van der Waals surface area contributed by atoms with Crippen LogP contribution in [-0.2, 0) is 16.2 Å². The molecule has 0 saturated carbocycles. The second kappa shape index (κ2) is 21.4. The van der Waals surface area contributed by atoms with Gasteiger partial charge in [0.1, 0.15) is 0 Å². The van der Waals surface area contributed by atoms with Gasteiger partial charge in [0.05, 0.1) is 22.4 Å². The fourth-order valence-electron chi connectivity index (χ4n) is 15.7. The van der Waals surface area contributed by atoms with Crippen LogP contribution in [0, 0.1) is 0 Å². The molecule has 17 rings (SSSR count). The second-order valence-electron chi connectivity index (χ2n) is 29.2. The van der Waals surface area contributed by atoms with E-state index in [1.165, 1.54) is 154 Å². The van der Waals surface area contributed by atoms with E-state index in [2.05, 4.69) is 362 Å². The van der Waals surface area contributed by atoms with E-state index in [1.807, 2.05) is 0 Å². The van der Waals surface area contributed by atoms with Crippen LogP contribution in [0.5, 0.6) is 0 Å². The molecule has 0 N–H and O–H groups in total. The van der Waals surface area contributed by atoms with Gasteiger partial charge in [-0.05, 0) is 182 Å². The van der Waals surface area contributed by atoms with Gasteiger partial charge in [-0.2, -0.15) is 0 Å². The van der Waals surface area contributed by atoms with Gasteiger partial charge in [0.2, 0.25) is 0 Å². The first-order chi connectivity index (χ1) is 45.6. The summed E-state index contributed by atoms with van der Waals surface area (Å²) in [6.45, 7) is 21.0. The summed E-state index contributed by atoms with van der Waals surface area (Å²) in [5, 5.41) is 9.91. The minimum Gasteiger partial charge on any atom is -0.311 e. The van der Waals surface area contributed by atoms with E-state index in [9.17, 15) is 0 Å². The average Bonchev–Trinajstić information content (AvgIpc) is 0.762. The van der Waals surface area contributed by atoms with Gasteiger partial charge in [0.25, 0.3) is 6.71 Å². The summed E-state index contributed by atoms with van der Waals surface area (Å²) in [5.41, 5.74) is 27.4. The van der Waals surface area contributed by atoms with E-state index in [4.69, 9.17) is 0 Å². The Labute approximate surface area is 552 Å². The molecule has 0 spiro atoms. The zero-order chi connectivity index (χ0) is 63.9. The van der Waals surface area contributed by atoms with Crippen molar-refractivity contribution in [3.05, 3.63) is 302 Å². The molecule has 452 valence electrons. The molecule has 0 bridgehead atoms. The Morgan fingerprint density at radius 2 is 0.691 bits per heavy atom. The lowest BCUT2D eigenvalue weighted by Gasteiger charge is -2.46. The van der Waals surface area contributed by atoms with Crippen LogP contribution in [0.15, 0.2) is 285 Å². The minimum absolute atomic E-state index is 0.0958. The number of hydrogen-bond donors (Lipinski definition) is 0. The highest BCUT2D eigenvalue weighted by Crippen LogP contribution is 2.53. The molecule has 0 aliphatic carbocycles. The van der Waals surface area contributed by atoms with E-state index >= 15 is 0 Å². The second-order valence-corrected chi connectivity index (χ2v) is 29.2. The van der Waals surface area contributed by atoms with Crippen molar-refractivity contribution in [3.63, 3.8) is 0 Å². The third-order valence-electron chi connectivity index (χ3n) is 20.4. The summed E-state index contributed by atoms with van der Waals surface area (Å²) in [7, 11) is 0. The van der Waals surface area contributed by atoms with Crippen molar-refractivity contribution < 1.29 is 0 Å². The Balaban J connectivity index is 1.01. The van der Waals surface area contributed by atoms with Gasteiger partial charge in [0, 0.05) is 50.3 Å². The number of aromatic nitrogens is 1. The Morgan fingerprint density at radius 3 is 1.20 bits per heavy atom. The van der Waals surface area contributed by atoms with E-state index in [-0.39, 0.29) is 23.0 Å².